The second-order valence-electron chi connectivity index (χ2n) is 7.60. The zero-order valence-corrected chi connectivity index (χ0v) is 16.0. The lowest BCUT2D eigenvalue weighted by atomic mass is 9.99. The van der Waals surface area contributed by atoms with E-state index >= 15 is 0 Å². The van der Waals surface area contributed by atoms with E-state index in [0.29, 0.717) is 6.04 Å². The number of aromatic nitrogens is 1. The number of nitrogens with zero attached hydrogens (tertiary/aromatic N) is 3. The van der Waals surface area contributed by atoms with Crippen LogP contribution in [0.1, 0.15) is 56.5 Å². The van der Waals surface area contributed by atoms with Crippen molar-refractivity contribution in [2.45, 2.75) is 64.1 Å². The number of amides is 2. The summed E-state index contributed by atoms with van der Waals surface area (Å²) in [4.78, 5) is 21.7. The first kappa shape index (κ1) is 19.1. The van der Waals surface area contributed by atoms with Gasteiger partial charge in [-0.3, -0.25) is 4.98 Å². The second-order valence-corrected chi connectivity index (χ2v) is 7.60. The summed E-state index contributed by atoms with van der Waals surface area (Å²) in [6.45, 7) is 7.61. The predicted octanol–water partition coefficient (Wildman–Crippen LogP) is 2.47. The molecule has 2 N–H and O–H groups in total. The number of carbonyl (C=O) groups excluding carboxylic acids is 1. The van der Waals surface area contributed by atoms with Gasteiger partial charge in [-0.2, -0.15) is 0 Å². The van der Waals surface area contributed by atoms with Crippen molar-refractivity contribution in [2.75, 3.05) is 26.2 Å². The standard InChI is InChI=1S/C20H32N4O2/c1-3-18(19-6-4-5-15(2)21-19)22-20(26)24-11-7-16(8-12-24)23-13-9-17(25)10-14-23/h4-6,16-18,25H,3,7-14H2,1-2H3,(H,22,26)/t18-/m0/s1. The van der Waals surface area contributed by atoms with Gasteiger partial charge in [-0.1, -0.05) is 13.0 Å². The highest BCUT2D eigenvalue weighted by atomic mass is 16.3. The van der Waals surface area contributed by atoms with Crippen LogP contribution in [-0.4, -0.2) is 64.2 Å². The third-order valence-corrected chi connectivity index (χ3v) is 5.74. The fourth-order valence-electron chi connectivity index (χ4n) is 4.07. The van der Waals surface area contributed by atoms with E-state index in [9.17, 15) is 9.90 Å². The summed E-state index contributed by atoms with van der Waals surface area (Å²) < 4.78 is 0. The van der Waals surface area contributed by atoms with Crippen molar-refractivity contribution >= 4 is 6.03 Å². The number of aryl methyl sites for hydroxylation is 1. The van der Waals surface area contributed by atoms with Crippen LogP contribution in [0.5, 0.6) is 0 Å². The Bertz CT molecular complexity index is 593. The maximum atomic E-state index is 12.7. The summed E-state index contributed by atoms with van der Waals surface area (Å²) >= 11 is 0. The Morgan fingerprint density at radius 2 is 1.92 bits per heavy atom. The zero-order chi connectivity index (χ0) is 18.5. The number of nitrogens with one attached hydrogen (secondary N) is 1. The predicted molar refractivity (Wildman–Crippen MR) is 102 cm³/mol. The van der Waals surface area contributed by atoms with Gasteiger partial charge in [0, 0.05) is 37.9 Å². The summed E-state index contributed by atoms with van der Waals surface area (Å²) in [6.07, 6.45) is 4.49. The Balaban J connectivity index is 1.50. The van der Waals surface area contributed by atoms with Crippen LogP contribution in [0.4, 0.5) is 4.79 Å². The molecule has 1 aromatic rings. The molecule has 26 heavy (non-hydrogen) atoms. The fourth-order valence-corrected chi connectivity index (χ4v) is 4.07. The maximum absolute atomic E-state index is 12.7. The Morgan fingerprint density at radius 3 is 2.54 bits per heavy atom. The van der Waals surface area contributed by atoms with Gasteiger partial charge >= 0.3 is 6.03 Å². The number of hydrogen-bond acceptors (Lipinski definition) is 4. The molecule has 144 valence electrons. The number of pyridine rings is 1. The van der Waals surface area contributed by atoms with Crippen molar-refractivity contribution in [3.05, 3.63) is 29.6 Å². The lowest BCUT2D eigenvalue weighted by Gasteiger charge is -2.41. The molecule has 0 aliphatic carbocycles. The lowest BCUT2D eigenvalue weighted by Crippen LogP contribution is -2.51. The van der Waals surface area contributed by atoms with Gasteiger partial charge in [0.05, 0.1) is 17.8 Å². The molecule has 2 aliphatic rings. The van der Waals surface area contributed by atoms with Crippen LogP contribution >= 0.6 is 0 Å². The summed E-state index contributed by atoms with van der Waals surface area (Å²) in [5, 5.41) is 12.8. The Kier molecular flexibility index (Phi) is 6.48. The van der Waals surface area contributed by atoms with Gasteiger partial charge in [-0.25, -0.2) is 4.79 Å². The van der Waals surface area contributed by atoms with Crippen molar-refractivity contribution in [3.8, 4) is 0 Å². The van der Waals surface area contributed by atoms with Gasteiger partial charge < -0.3 is 20.2 Å². The van der Waals surface area contributed by atoms with Crippen LogP contribution in [0.3, 0.4) is 0 Å². The van der Waals surface area contributed by atoms with E-state index < -0.39 is 0 Å². The van der Waals surface area contributed by atoms with Gasteiger partial charge in [0.1, 0.15) is 0 Å². The third kappa shape index (κ3) is 4.74. The van der Waals surface area contributed by atoms with Gasteiger partial charge in [-0.15, -0.1) is 0 Å². The Morgan fingerprint density at radius 1 is 1.23 bits per heavy atom. The van der Waals surface area contributed by atoms with Crippen LogP contribution in [0.25, 0.3) is 0 Å². The number of urea groups is 1. The van der Waals surface area contributed by atoms with Crippen molar-refractivity contribution in [3.63, 3.8) is 0 Å². The van der Waals surface area contributed by atoms with Crippen molar-refractivity contribution in [1.29, 1.82) is 0 Å². The number of rotatable bonds is 4. The topological polar surface area (TPSA) is 68.7 Å². The maximum Gasteiger partial charge on any atom is 0.317 e. The average Bonchev–Trinajstić information content (AvgIpc) is 2.66. The SMILES string of the molecule is CC[C@H](NC(=O)N1CCC(N2CCC(O)CC2)CC1)c1cccc(C)n1. The van der Waals surface area contributed by atoms with Crippen LogP contribution in [0.2, 0.25) is 0 Å². The molecule has 2 saturated heterocycles. The minimum atomic E-state index is -0.127. The summed E-state index contributed by atoms with van der Waals surface area (Å²) in [5.74, 6) is 0. The van der Waals surface area contributed by atoms with Crippen molar-refractivity contribution in [2.24, 2.45) is 0 Å². The lowest BCUT2D eigenvalue weighted by molar-refractivity contribution is 0.0428. The molecule has 1 atom stereocenters. The molecule has 3 heterocycles. The number of piperidine rings is 2. The molecule has 0 radical (unpaired) electrons. The molecular weight excluding hydrogens is 328 g/mol. The zero-order valence-electron chi connectivity index (χ0n) is 16.0. The van der Waals surface area contributed by atoms with E-state index in [4.69, 9.17) is 0 Å². The molecule has 6 heteroatoms. The molecule has 0 unspecified atom stereocenters. The van der Waals surface area contributed by atoms with Gasteiger partial charge in [0.25, 0.3) is 0 Å². The van der Waals surface area contributed by atoms with E-state index in [1.807, 2.05) is 30.0 Å². The second kappa shape index (κ2) is 8.82. The van der Waals surface area contributed by atoms with E-state index in [-0.39, 0.29) is 18.2 Å². The van der Waals surface area contributed by atoms with Gasteiger partial charge in [0.15, 0.2) is 0 Å². The highest BCUT2D eigenvalue weighted by molar-refractivity contribution is 5.74. The summed E-state index contributed by atoms with van der Waals surface area (Å²) in [6, 6.07) is 6.48. The van der Waals surface area contributed by atoms with Crippen molar-refractivity contribution in [1.82, 2.24) is 20.1 Å². The minimum Gasteiger partial charge on any atom is -0.393 e. The molecule has 1 aromatic heterocycles. The highest BCUT2D eigenvalue weighted by Crippen LogP contribution is 2.22. The third-order valence-electron chi connectivity index (χ3n) is 5.74. The molecule has 6 nitrogen and oxygen atoms in total. The highest BCUT2D eigenvalue weighted by Gasteiger charge is 2.29. The number of aliphatic hydroxyl groups is 1. The van der Waals surface area contributed by atoms with E-state index in [0.717, 1.165) is 69.7 Å². The molecule has 2 fully saturated rings. The van der Waals surface area contributed by atoms with E-state index in [2.05, 4.69) is 22.1 Å². The number of hydrogen-bond donors (Lipinski definition) is 2. The largest absolute Gasteiger partial charge is 0.393 e. The average molecular weight is 361 g/mol. The monoisotopic (exact) mass is 360 g/mol. The van der Waals surface area contributed by atoms with Crippen LogP contribution in [0, 0.1) is 6.92 Å². The first-order chi connectivity index (χ1) is 12.6. The van der Waals surface area contributed by atoms with Gasteiger partial charge in [0.2, 0.25) is 0 Å². The first-order valence-electron chi connectivity index (χ1n) is 9.98. The summed E-state index contributed by atoms with van der Waals surface area (Å²) in [5.41, 5.74) is 1.91. The number of carbonyl (C=O) groups is 1. The first-order valence-corrected chi connectivity index (χ1v) is 9.98. The Labute approximate surface area is 156 Å². The quantitative estimate of drug-likeness (QED) is 0.865. The molecule has 0 spiro atoms. The molecular formula is C20H32N4O2. The number of likely N-dealkylation sites (tertiary alicyclic amines) is 2. The Hall–Kier alpha value is -1.66. The smallest absolute Gasteiger partial charge is 0.317 e. The van der Waals surface area contributed by atoms with Gasteiger partial charge in [-0.05, 0) is 51.2 Å². The molecule has 3 rings (SSSR count). The molecule has 0 saturated carbocycles. The molecule has 2 amide bonds. The summed E-state index contributed by atoms with van der Waals surface area (Å²) in [7, 11) is 0. The normalized spacial score (nSPS) is 21.6. The van der Waals surface area contributed by atoms with Crippen LogP contribution in [0.15, 0.2) is 18.2 Å². The van der Waals surface area contributed by atoms with E-state index in [1.54, 1.807) is 0 Å². The van der Waals surface area contributed by atoms with Crippen molar-refractivity contribution < 1.29 is 9.90 Å². The minimum absolute atomic E-state index is 0.0210. The molecule has 0 aromatic carbocycles. The van der Waals surface area contributed by atoms with Crippen LogP contribution in [-0.2, 0) is 0 Å². The van der Waals surface area contributed by atoms with E-state index in [1.165, 1.54) is 0 Å². The molecule has 2 aliphatic heterocycles. The molecule has 0 bridgehead atoms. The van der Waals surface area contributed by atoms with Crippen LogP contribution < -0.4 is 5.32 Å². The number of aliphatic hydroxyl groups excluding tert-OH is 1. The fraction of sp³-hybridized carbons (Fsp3) is 0.700.